The molecule has 0 aromatic heterocycles. The number of halogens is 1. The van der Waals surface area contributed by atoms with Gasteiger partial charge in [0.05, 0.1) is 6.61 Å². The van der Waals surface area contributed by atoms with Crippen LogP contribution in [0.5, 0.6) is 0 Å². The summed E-state index contributed by atoms with van der Waals surface area (Å²) in [7, 11) is 0. The monoisotopic (exact) mass is 562 g/mol. The molecule has 1 aromatic rings. The minimum atomic E-state index is -1.09. The lowest BCUT2D eigenvalue weighted by atomic mass is 9.89. The van der Waals surface area contributed by atoms with Crippen LogP contribution >= 0.6 is 22.6 Å². The molecule has 5 atom stereocenters. The van der Waals surface area contributed by atoms with Crippen LogP contribution in [0.4, 0.5) is 0 Å². The van der Waals surface area contributed by atoms with Gasteiger partial charge in [0.1, 0.15) is 12.2 Å². The standard InChI is InChI=1S/C22H27IO9/c1-12(24)28-10-9-18-20(29-13(2)25)22(31-15(4)27)21(30-14(3)26)19(32-18)11-16-5-7-17(23)8-6-16/h5-8,18-22H,9-11H2,1-4H3/t18-,19-,20-,21-,22+/m1/s1. The van der Waals surface area contributed by atoms with Crippen molar-refractivity contribution in [2.24, 2.45) is 0 Å². The predicted molar refractivity (Wildman–Crippen MR) is 119 cm³/mol. The first kappa shape index (κ1) is 26.0. The van der Waals surface area contributed by atoms with Gasteiger partial charge in [0.25, 0.3) is 0 Å². The summed E-state index contributed by atoms with van der Waals surface area (Å²) < 4.78 is 28.7. The Kier molecular flexibility index (Phi) is 9.88. The van der Waals surface area contributed by atoms with Crippen molar-refractivity contribution in [3.05, 3.63) is 33.4 Å². The van der Waals surface area contributed by atoms with Crippen LogP contribution in [0, 0.1) is 3.57 Å². The van der Waals surface area contributed by atoms with E-state index in [1.807, 2.05) is 24.3 Å². The summed E-state index contributed by atoms with van der Waals surface area (Å²) in [5, 5.41) is 0. The third kappa shape index (κ3) is 8.05. The molecule has 1 aromatic carbocycles. The first-order valence-corrected chi connectivity index (χ1v) is 11.2. The van der Waals surface area contributed by atoms with Gasteiger partial charge in [-0.15, -0.1) is 0 Å². The molecule has 0 spiro atoms. The van der Waals surface area contributed by atoms with Crippen molar-refractivity contribution in [2.45, 2.75) is 71.1 Å². The molecule has 2 rings (SSSR count). The molecule has 1 saturated heterocycles. The van der Waals surface area contributed by atoms with E-state index in [2.05, 4.69) is 22.6 Å². The molecule has 0 N–H and O–H groups in total. The maximum absolute atomic E-state index is 11.9. The molecule has 9 nitrogen and oxygen atoms in total. The van der Waals surface area contributed by atoms with Gasteiger partial charge in [0, 0.05) is 44.1 Å². The largest absolute Gasteiger partial charge is 0.466 e. The van der Waals surface area contributed by atoms with Crippen molar-refractivity contribution < 1.29 is 42.9 Å². The Bertz CT molecular complexity index is 823. The molecule has 1 aliphatic heterocycles. The highest BCUT2D eigenvalue weighted by atomic mass is 127. The maximum Gasteiger partial charge on any atom is 0.303 e. The molecule has 0 saturated carbocycles. The Balaban J connectivity index is 2.40. The van der Waals surface area contributed by atoms with E-state index in [1.54, 1.807) is 0 Å². The highest BCUT2D eigenvalue weighted by Gasteiger charge is 2.51. The average molecular weight is 562 g/mol. The predicted octanol–water partition coefficient (Wildman–Crippen LogP) is 2.35. The number of hydrogen-bond donors (Lipinski definition) is 0. The van der Waals surface area contributed by atoms with E-state index in [1.165, 1.54) is 27.7 Å². The molecule has 0 unspecified atom stereocenters. The van der Waals surface area contributed by atoms with Crippen molar-refractivity contribution in [2.75, 3.05) is 6.61 Å². The number of ether oxygens (including phenoxy) is 5. The molecular formula is C22H27IO9. The highest BCUT2D eigenvalue weighted by molar-refractivity contribution is 14.1. The molecule has 0 radical (unpaired) electrons. The molecular weight excluding hydrogens is 535 g/mol. The summed E-state index contributed by atoms with van der Waals surface area (Å²) in [6.45, 7) is 4.96. The third-order valence-corrected chi connectivity index (χ3v) is 5.41. The number of rotatable bonds is 8. The number of benzene rings is 1. The van der Waals surface area contributed by atoms with Crippen LogP contribution in [-0.4, -0.2) is 61.0 Å². The maximum atomic E-state index is 11.9. The summed E-state index contributed by atoms with van der Waals surface area (Å²) in [4.78, 5) is 46.7. The lowest BCUT2D eigenvalue weighted by Crippen LogP contribution is -2.61. The molecule has 1 heterocycles. The van der Waals surface area contributed by atoms with E-state index in [0.29, 0.717) is 6.42 Å². The van der Waals surface area contributed by atoms with Gasteiger partial charge in [-0.25, -0.2) is 0 Å². The second-order valence-electron chi connectivity index (χ2n) is 7.39. The molecule has 1 fully saturated rings. The summed E-state index contributed by atoms with van der Waals surface area (Å²) >= 11 is 2.19. The fourth-order valence-electron chi connectivity index (χ4n) is 3.55. The van der Waals surface area contributed by atoms with Gasteiger partial charge in [0.2, 0.25) is 0 Å². The van der Waals surface area contributed by atoms with Gasteiger partial charge in [-0.05, 0) is 40.3 Å². The van der Waals surface area contributed by atoms with Gasteiger partial charge in [0.15, 0.2) is 18.3 Å². The fraction of sp³-hybridized carbons (Fsp3) is 0.545. The molecule has 1 aliphatic rings. The Morgan fingerprint density at radius 3 is 1.78 bits per heavy atom. The summed E-state index contributed by atoms with van der Waals surface area (Å²) in [6.07, 6.45) is -4.07. The van der Waals surface area contributed by atoms with E-state index < -0.39 is 54.4 Å². The normalized spacial score (nSPS) is 24.8. The first-order valence-electron chi connectivity index (χ1n) is 10.1. The van der Waals surface area contributed by atoms with E-state index >= 15 is 0 Å². The summed E-state index contributed by atoms with van der Waals surface area (Å²) in [5.74, 6) is -2.30. The molecule has 32 heavy (non-hydrogen) atoms. The van der Waals surface area contributed by atoms with Crippen LogP contribution in [0.3, 0.4) is 0 Å². The van der Waals surface area contributed by atoms with Crippen molar-refractivity contribution in [3.63, 3.8) is 0 Å². The van der Waals surface area contributed by atoms with Crippen molar-refractivity contribution >= 4 is 46.5 Å². The van der Waals surface area contributed by atoms with Crippen LogP contribution in [0.1, 0.15) is 39.7 Å². The molecule has 0 aliphatic carbocycles. The van der Waals surface area contributed by atoms with Crippen LogP contribution in [-0.2, 0) is 49.3 Å². The highest BCUT2D eigenvalue weighted by Crippen LogP contribution is 2.32. The second-order valence-corrected chi connectivity index (χ2v) is 8.64. The Hall–Kier alpha value is -2.21. The first-order chi connectivity index (χ1) is 15.1. The average Bonchev–Trinajstić information content (AvgIpc) is 2.67. The zero-order valence-corrected chi connectivity index (χ0v) is 20.5. The van der Waals surface area contributed by atoms with Crippen molar-refractivity contribution in [1.29, 1.82) is 0 Å². The van der Waals surface area contributed by atoms with Gasteiger partial charge in [-0.3, -0.25) is 19.2 Å². The Morgan fingerprint density at radius 1 is 0.781 bits per heavy atom. The molecule has 10 heteroatoms. The van der Waals surface area contributed by atoms with E-state index in [9.17, 15) is 19.2 Å². The second kappa shape index (κ2) is 12.1. The Labute approximate surface area is 200 Å². The Morgan fingerprint density at radius 2 is 1.28 bits per heavy atom. The van der Waals surface area contributed by atoms with Crippen molar-refractivity contribution in [1.82, 2.24) is 0 Å². The van der Waals surface area contributed by atoms with E-state index in [0.717, 1.165) is 9.13 Å². The number of hydrogen-bond acceptors (Lipinski definition) is 9. The van der Waals surface area contributed by atoms with Gasteiger partial charge in [-0.1, -0.05) is 12.1 Å². The van der Waals surface area contributed by atoms with Crippen LogP contribution < -0.4 is 0 Å². The zero-order valence-electron chi connectivity index (χ0n) is 18.4. The van der Waals surface area contributed by atoms with Crippen molar-refractivity contribution in [3.8, 4) is 0 Å². The summed E-state index contributed by atoms with van der Waals surface area (Å²) in [5.41, 5.74) is 0.916. The third-order valence-electron chi connectivity index (χ3n) is 4.69. The van der Waals surface area contributed by atoms with Crippen LogP contribution in [0.15, 0.2) is 24.3 Å². The fourth-order valence-corrected chi connectivity index (χ4v) is 3.91. The smallest absolute Gasteiger partial charge is 0.303 e. The topological polar surface area (TPSA) is 114 Å². The van der Waals surface area contributed by atoms with E-state index in [4.69, 9.17) is 23.7 Å². The van der Waals surface area contributed by atoms with Gasteiger partial charge < -0.3 is 23.7 Å². The van der Waals surface area contributed by atoms with Crippen LogP contribution in [0.25, 0.3) is 0 Å². The lowest BCUT2D eigenvalue weighted by molar-refractivity contribution is -0.248. The zero-order chi connectivity index (χ0) is 23.8. The number of carbonyl (C=O) groups is 4. The number of carbonyl (C=O) groups excluding carboxylic acids is 4. The summed E-state index contributed by atoms with van der Waals surface area (Å²) in [6, 6.07) is 7.71. The van der Waals surface area contributed by atoms with Crippen LogP contribution in [0.2, 0.25) is 0 Å². The minimum Gasteiger partial charge on any atom is -0.466 e. The molecule has 176 valence electrons. The SMILES string of the molecule is CC(=O)OCC[C@H]1O[C@H](Cc2ccc(I)cc2)[C@@H](OC(C)=O)[C@@H](OC(C)=O)[C@@H]1OC(C)=O. The number of esters is 4. The van der Waals surface area contributed by atoms with E-state index in [-0.39, 0.29) is 13.0 Å². The quantitative estimate of drug-likeness (QED) is 0.268. The van der Waals surface area contributed by atoms with Gasteiger partial charge in [-0.2, -0.15) is 0 Å². The molecule has 0 bridgehead atoms. The van der Waals surface area contributed by atoms with Gasteiger partial charge >= 0.3 is 23.9 Å². The minimum absolute atomic E-state index is 0.0129. The lowest BCUT2D eigenvalue weighted by Gasteiger charge is -2.45. The molecule has 0 amide bonds.